The molecule has 0 radical (unpaired) electrons. The van der Waals surface area contributed by atoms with Gasteiger partial charge in [0.05, 0.1) is 13.2 Å². The minimum atomic E-state index is -0.274. The molecule has 0 aromatic heterocycles. The van der Waals surface area contributed by atoms with Crippen LogP contribution < -0.4 is 5.32 Å². The second-order valence-electron chi connectivity index (χ2n) is 7.59. The van der Waals surface area contributed by atoms with Crippen molar-refractivity contribution >= 4 is 5.97 Å². The van der Waals surface area contributed by atoms with Gasteiger partial charge in [0.15, 0.2) is 0 Å². The number of methoxy groups -OCH3 is 1. The topological polar surface area (TPSA) is 47.6 Å². The molecule has 0 heterocycles. The van der Waals surface area contributed by atoms with Gasteiger partial charge in [-0.3, -0.25) is 4.79 Å². The SMILES string of the molecule is COC(=O)C(CCOC1CC(C)CC(C)(C)C1)NC(C)C. The summed E-state index contributed by atoms with van der Waals surface area (Å²) in [5.41, 5.74) is 0.361. The number of carbonyl (C=O) groups excluding carboxylic acids is 1. The molecule has 1 aliphatic carbocycles. The summed E-state index contributed by atoms with van der Waals surface area (Å²) >= 11 is 0. The molecule has 1 saturated carbocycles. The van der Waals surface area contributed by atoms with Crippen LogP contribution in [0.5, 0.6) is 0 Å². The Morgan fingerprint density at radius 1 is 1.33 bits per heavy atom. The van der Waals surface area contributed by atoms with Gasteiger partial charge in [-0.05, 0) is 37.0 Å². The normalized spacial score (nSPS) is 26.6. The summed E-state index contributed by atoms with van der Waals surface area (Å²) in [5.74, 6) is 0.508. The van der Waals surface area contributed by atoms with Crippen molar-refractivity contribution < 1.29 is 14.3 Å². The molecule has 3 unspecified atom stereocenters. The molecule has 21 heavy (non-hydrogen) atoms. The molecule has 0 aliphatic heterocycles. The maximum Gasteiger partial charge on any atom is 0.322 e. The van der Waals surface area contributed by atoms with E-state index in [9.17, 15) is 4.79 Å². The fourth-order valence-corrected chi connectivity index (χ4v) is 3.55. The Morgan fingerprint density at radius 3 is 2.52 bits per heavy atom. The maximum atomic E-state index is 11.7. The summed E-state index contributed by atoms with van der Waals surface area (Å²) in [4.78, 5) is 11.7. The van der Waals surface area contributed by atoms with Crippen molar-refractivity contribution in [3.05, 3.63) is 0 Å². The van der Waals surface area contributed by atoms with Gasteiger partial charge in [-0.25, -0.2) is 0 Å². The van der Waals surface area contributed by atoms with E-state index in [4.69, 9.17) is 9.47 Å². The lowest BCUT2D eigenvalue weighted by Gasteiger charge is -2.38. The molecule has 0 bridgehead atoms. The van der Waals surface area contributed by atoms with Crippen LogP contribution in [0.25, 0.3) is 0 Å². The Hall–Kier alpha value is -0.610. The number of hydrogen-bond donors (Lipinski definition) is 1. The van der Waals surface area contributed by atoms with Crippen LogP contribution in [0.2, 0.25) is 0 Å². The highest BCUT2D eigenvalue weighted by molar-refractivity contribution is 5.75. The first-order valence-electron chi connectivity index (χ1n) is 8.19. The van der Waals surface area contributed by atoms with Gasteiger partial charge >= 0.3 is 5.97 Å². The quantitative estimate of drug-likeness (QED) is 0.734. The van der Waals surface area contributed by atoms with E-state index in [1.54, 1.807) is 0 Å². The van der Waals surface area contributed by atoms with Crippen molar-refractivity contribution in [3.63, 3.8) is 0 Å². The van der Waals surface area contributed by atoms with E-state index in [1.165, 1.54) is 13.5 Å². The van der Waals surface area contributed by atoms with E-state index < -0.39 is 0 Å². The van der Waals surface area contributed by atoms with Crippen molar-refractivity contribution in [2.75, 3.05) is 13.7 Å². The maximum absolute atomic E-state index is 11.7. The van der Waals surface area contributed by atoms with Crippen LogP contribution in [0, 0.1) is 11.3 Å². The summed E-state index contributed by atoms with van der Waals surface area (Å²) in [6.45, 7) is 11.6. The fraction of sp³-hybridized carbons (Fsp3) is 0.941. The van der Waals surface area contributed by atoms with Gasteiger partial charge in [-0.2, -0.15) is 0 Å². The average molecular weight is 299 g/mol. The molecule has 1 aliphatic rings. The second kappa shape index (κ2) is 8.14. The lowest BCUT2D eigenvalue weighted by molar-refractivity contribution is -0.144. The van der Waals surface area contributed by atoms with Crippen LogP contribution in [0.4, 0.5) is 0 Å². The number of hydrogen-bond acceptors (Lipinski definition) is 4. The van der Waals surface area contributed by atoms with Crippen molar-refractivity contribution in [2.45, 2.75) is 78.5 Å². The number of rotatable bonds is 7. The number of ether oxygens (including phenoxy) is 2. The fourth-order valence-electron chi connectivity index (χ4n) is 3.55. The van der Waals surface area contributed by atoms with Crippen LogP contribution in [0.1, 0.15) is 60.3 Å². The largest absolute Gasteiger partial charge is 0.468 e. The molecule has 4 heteroatoms. The van der Waals surface area contributed by atoms with E-state index in [1.807, 2.05) is 13.8 Å². The second-order valence-corrected chi connectivity index (χ2v) is 7.59. The summed E-state index contributed by atoms with van der Waals surface area (Å²) in [6.07, 6.45) is 4.49. The molecule has 0 aromatic rings. The predicted molar refractivity (Wildman–Crippen MR) is 85.2 cm³/mol. The van der Waals surface area contributed by atoms with Gasteiger partial charge in [0.2, 0.25) is 0 Å². The molecule has 1 fully saturated rings. The zero-order chi connectivity index (χ0) is 16.0. The van der Waals surface area contributed by atoms with Crippen LogP contribution in [0.3, 0.4) is 0 Å². The van der Waals surface area contributed by atoms with Gasteiger partial charge in [0, 0.05) is 12.6 Å². The summed E-state index contributed by atoms with van der Waals surface area (Å²) < 4.78 is 10.9. The first kappa shape index (κ1) is 18.4. The van der Waals surface area contributed by atoms with Crippen molar-refractivity contribution in [1.82, 2.24) is 5.32 Å². The molecular formula is C17H33NO3. The smallest absolute Gasteiger partial charge is 0.322 e. The minimum absolute atomic E-state index is 0.204. The van der Waals surface area contributed by atoms with Crippen molar-refractivity contribution in [3.8, 4) is 0 Å². The first-order valence-corrected chi connectivity index (χ1v) is 8.19. The zero-order valence-corrected chi connectivity index (χ0v) is 14.6. The molecule has 1 rings (SSSR count). The number of nitrogens with one attached hydrogen (secondary N) is 1. The summed E-state index contributed by atoms with van der Waals surface area (Å²) in [7, 11) is 1.43. The van der Waals surface area contributed by atoms with Crippen LogP contribution in [-0.2, 0) is 14.3 Å². The van der Waals surface area contributed by atoms with Gasteiger partial charge in [-0.15, -0.1) is 0 Å². The Morgan fingerprint density at radius 2 is 2.00 bits per heavy atom. The standard InChI is InChI=1S/C17H33NO3/c1-12(2)18-15(16(19)20-6)7-8-21-14-9-13(3)10-17(4,5)11-14/h12-15,18H,7-11H2,1-6H3. The number of esters is 1. The van der Waals surface area contributed by atoms with E-state index in [2.05, 4.69) is 26.1 Å². The predicted octanol–water partition coefficient (Wildman–Crippen LogP) is 3.15. The monoisotopic (exact) mass is 299 g/mol. The van der Waals surface area contributed by atoms with Gasteiger partial charge in [0.1, 0.15) is 6.04 Å². The van der Waals surface area contributed by atoms with E-state index in [-0.39, 0.29) is 18.1 Å². The van der Waals surface area contributed by atoms with Gasteiger partial charge < -0.3 is 14.8 Å². The Labute approximate surface area is 130 Å². The lowest BCUT2D eigenvalue weighted by Crippen LogP contribution is -2.42. The van der Waals surface area contributed by atoms with E-state index >= 15 is 0 Å². The van der Waals surface area contributed by atoms with Crippen LogP contribution in [0.15, 0.2) is 0 Å². The third-order valence-electron chi connectivity index (χ3n) is 4.13. The average Bonchev–Trinajstić information content (AvgIpc) is 2.33. The van der Waals surface area contributed by atoms with Crippen molar-refractivity contribution in [1.29, 1.82) is 0 Å². The highest BCUT2D eigenvalue weighted by Gasteiger charge is 2.32. The highest BCUT2D eigenvalue weighted by atomic mass is 16.5. The molecule has 1 N–H and O–H groups in total. The molecule has 0 amide bonds. The molecule has 3 atom stereocenters. The van der Waals surface area contributed by atoms with Gasteiger partial charge in [0.25, 0.3) is 0 Å². The van der Waals surface area contributed by atoms with Crippen LogP contribution >= 0.6 is 0 Å². The van der Waals surface area contributed by atoms with E-state index in [0.717, 1.165) is 12.8 Å². The summed E-state index contributed by atoms with van der Waals surface area (Å²) in [6, 6.07) is -0.0215. The molecule has 0 aromatic carbocycles. The Bertz CT molecular complexity index is 328. The number of carbonyl (C=O) groups is 1. The molecule has 0 saturated heterocycles. The first-order chi connectivity index (χ1) is 9.73. The van der Waals surface area contributed by atoms with E-state index in [0.29, 0.717) is 30.5 Å². The summed E-state index contributed by atoms with van der Waals surface area (Å²) in [5, 5.41) is 3.24. The highest BCUT2D eigenvalue weighted by Crippen LogP contribution is 2.39. The molecular weight excluding hydrogens is 266 g/mol. The minimum Gasteiger partial charge on any atom is -0.468 e. The molecule has 4 nitrogen and oxygen atoms in total. The third-order valence-corrected chi connectivity index (χ3v) is 4.13. The molecule has 0 spiro atoms. The van der Waals surface area contributed by atoms with Gasteiger partial charge in [-0.1, -0.05) is 34.6 Å². The van der Waals surface area contributed by atoms with Crippen LogP contribution in [-0.4, -0.2) is 37.9 Å². The zero-order valence-electron chi connectivity index (χ0n) is 14.6. The Kier molecular flexibility index (Phi) is 7.14. The van der Waals surface area contributed by atoms with Crippen molar-refractivity contribution in [2.24, 2.45) is 11.3 Å². The Balaban J connectivity index is 2.41. The third kappa shape index (κ3) is 6.79. The molecule has 124 valence electrons. The lowest BCUT2D eigenvalue weighted by atomic mass is 9.71.